The van der Waals surface area contributed by atoms with Crippen molar-refractivity contribution >= 4 is 26.7 Å². The standard InChI is InChI=1S/C16H16F2N4O3S/c1-9(8-26(2,23)24)19-15-11-4-6-14(20-16(11)22-21-15)25-13-5-3-10(17)7-12(13)18/h3-7,9H,8H2,1-2H3,(H2,19,20,21,22)/t9-/m0/s1. The van der Waals surface area contributed by atoms with E-state index in [1.807, 2.05) is 0 Å². The summed E-state index contributed by atoms with van der Waals surface area (Å²) in [5.74, 6) is -1.19. The average Bonchev–Trinajstić information content (AvgIpc) is 2.90. The maximum Gasteiger partial charge on any atom is 0.221 e. The number of halogens is 2. The van der Waals surface area contributed by atoms with Crippen LogP contribution in [0.4, 0.5) is 14.6 Å². The van der Waals surface area contributed by atoms with Crippen molar-refractivity contribution in [2.45, 2.75) is 13.0 Å². The second-order valence-electron chi connectivity index (χ2n) is 5.93. The molecule has 0 unspecified atom stereocenters. The van der Waals surface area contributed by atoms with E-state index in [1.165, 1.54) is 12.1 Å². The quantitative estimate of drug-likeness (QED) is 0.680. The molecule has 3 aromatic rings. The summed E-state index contributed by atoms with van der Waals surface area (Å²) < 4.78 is 54.6. The third kappa shape index (κ3) is 4.26. The molecule has 0 saturated carbocycles. The van der Waals surface area contributed by atoms with Gasteiger partial charge in [0, 0.05) is 24.4 Å². The second kappa shape index (κ2) is 6.87. The lowest BCUT2D eigenvalue weighted by Gasteiger charge is -2.12. The first-order chi connectivity index (χ1) is 12.2. The Morgan fingerprint density at radius 2 is 2.04 bits per heavy atom. The predicted molar refractivity (Wildman–Crippen MR) is 93.1 cm³/mol. The molecule has 2 aromatic heterocycles. The monoisotopic (exact) mass is 382 g/mol. The Labute approximate surface area is 148 Å². The number of hydrogen-bond donors (Lipinski definition) is 2. The van der Waals surface area contributed by atoms with E-state index in [2.05, 4.69) is 20.5 Å². The number of fused-ring (bicyclic) bond motifs is 1. The number of rotatable bonds is 6. The van der Waals surface area contributed by atoms with Crippen LogP contribution in [0, 0.1) is 11.6 Å². The van der Waals surface area contributed by atoms with E-state index < -0.39 is 21.5 Å². The summed E-state index contributed by atoms with van der Waals surface area (Å²) in [6.07, 6.45) is 1.16. The largest absolute Gasteiger partial charge is 0.436 e. The lowest BCUT2D eigenvalue weighted by molar-refractivity contribution is 0.425. The van der Waals surface area contributed by atoms with Crippen molar-refractivity contribution in [2.75, 3.05) is 17.3 Å². The van der Waals surface area contributed by atoms with Crippen molar-refractivity contribution in [1.82, 2.24) is 15.2 Å². The molecule has 2 heterocycles. The van der Waals surface area contributed by atoms with Gasteiger partial charge in [0.25, 0.3) is 0 Å². The van der Waals surface area contributed by atoms with Crippen LogP contribution in [0.2, 0.25) is 0 Å². The number of nitrogens with one attached hydrogen (secondary N) is 2. The lowest BCUT2D eigenvalue weighted by atomic mass is 10.3. The minimum atomic E-state index is -3.13. The zero-order valence-electron chi connectivity index (χ0n) is 14.0. The van der Waals surface area contributed by atoms with E-state index in [4.69, 9.17) is 4.74 Å². The van der Waals surface area contributed by atoms with Crippen molar-refractivity contribution in [1.29, 1.82) is 0 Å². The molecule has 1 atom stereocenters. The topological polar surface area (TPSA) is 97.0 Å². The molecule has 1 aromatic carbocycles. The van der Waals surface area contributed by atoms with Crippen LogP contribution >= 0.6 is 0 Å². The first-order valence-corrected chi connectivity index (χ1v) is 9.69. The average molecular weight is 382 g/mol. The summed E-state index contributed by atoms with van der Waals surface area (Å²) in [5.41, 5.74) is 0.374. The van der Waals surface area contributed by atoms with E-state index in [0.29, 0.717) is 16.9 Å². The summed E-state index contributed by atoms with van der Waals surface area (Å²) in [7, 11) is -3.13. The lowest BCUT2D eigenvalue weighted by Crippen LogP contribution is -2.25. The van der Waals surface area contributed by atoms with Gasteiger partial charge in [-0.2, -0.15) is 10.1 Å². The van der Waals surface area contributed by atoms with Crippen LogP contribution in [0.3, 0.4) is 0 Å². The summed E-state index contributed by atoms with van der Waals surface area (Å²) in [5, 5.41) is 10.4. The smallest absolute Gasteiger partial charge is 0.221 e. The highest BCUT2D eigenvalue weighted by Gasteiger charge is 2.15. The highest BCUT2D eigenvalue weighted by molar-refractivity contribution is 7.90. The predicted octanol–water partition coefficient (Wildman–Crippen LogP) is 2.87. The van der Waals surface area contributed by atoms with E-state index in [-0.39, 0.29) is 23.4 Å². The Hall–Kier alpha value is -2.75. The molecule has 0 aliphatic heterocycles. The van der Waals surface area contributed by atoms with Crippen LogP contribution in [-0.4, -0.2) is 41.6 Å². The molecule has 0 bridgehead atoms. The van der Waals surface area contributed by atoms with Crippen LogP contribution in [0.15, 0.2) is 30.3 Å². The number of nitrogens with zero attached hydrogens (tertiary/aromatic N) is 2. The van der Waals surface area contributed by atoms with Crippen LogP contribution < -0.4 is 10.1 Å². The van der Waals surface area contributed by atoms with Gasteiger partial charge in [-0.05, 0) is 25.1 Å². The molecule has 0 saturated heterocycles. The van der Waals surface area contributed by atoms with Gasteiger partial charge in [-0.25, -0.2) is 17.2 Å². The molecule has 10 heteroatoms. The fourth-order valence-electron chi connectivity index (χ4n) is 2.45. The van der Waals surface area contributed by atoms with Gasteiger partial charge in [-0.1, -0.05) is 0 Å². The number of ether oxygens (including phenoxy) is 1. The van der Waals surface area contributed by atoms with Crippen LogP contribution in [-0.2, 0) is 9.84 Å². The zero-order valence-corrected chi connectivity index (χ0v) is 14.8. The van der Waals surface area contributed by atoms with Crippen molar-refractivity contribution in [2.24, 2.45) is 0 Å². The normalized spacial score (nSPS) is 12.9. The number of hydrogen-bond acceptors (Lipinski definition) is 6. The maximum absolute atomic E-state index is 13.7. The van der Waals surface area contributed by atoms with Gasteiger partial charge in [0.1, 0.15) is 15.7 Å². The van der Waals surface area contributed by atoms with Crippen molar-refractivity contribution in [3.05, 3.63) is 42.0 Å². The third-order valence-corrected chi connectivity index (χ3v) is 4.55. The molecule has 0 spiro atoms. The summed E-state index contributed by atoms with van der Waals surface area (Å²) in [4.78, 5) is 4.18. The van der Waals surface area contributed by atoms with Crippen LogP contribution in [0.5, 0.6) is 11.6 Å². The fraction of sp³-hybridized carbons (Fsp3) is 0.250. The molecule has 7 nitrogen and oxygen atoms in total. The Balaban J connectivity index is 1.80. The fourth-order valence-corrected chi connectivity index (χ4v) is 3.44. The van der Waals surface area contributed by atoms with E-state index in [9.17, 15) is 17.2 Å². The first kappa shape index (κ1) is 18.1. The molecule has 0 amide bonds. The molecule has 138 valence electrons. The minimum absolute atomic E-state index is 0.0418. The molecule has 26 heavy (non-hydrogen) atoms. The number of aromatic nitrogens is 3. The summed E-state index contributed by atoms with van der Waals surface area (Å²) in [6.45, 7) is 1.73. The molecule has 2 N–H and O–H groups in total. The van der Waals surface area contributed by atoms with E-state index in [0.717, 1.165) is 18.4 Å². The van der Waals surface area contributed by atoms with E-state index in [1.54, 1.807) is 13.0 Å². The van der Waals surface area contributed by atoms with Gasteiger partial charge >= 0.3 is 0 Å². The van der Waals surface area contributed by atoms with Gasteiger partial charge < -0.3 is 10.1 Å². The van der Waals surface area contributed by atoms with Gasteiger partial charge in [-0.15, -0.1) is 0 Å². The number of sulfone groups is 1. The third-order valence-electron chi connectivity index (χ3n) is 3.44. The Morgan fingerprint density at radius 3 is 2.73 bits per heavy atom. The van der Waals surface area contributed by atoms with Crippen molar-refractivity contribution in [3.63, 3.8) is 0 Å². The molecule has 0 fully saturated rings. The molecule has 0 radical (unpaired) electrons. The minimum Gasteiger partial charge on any atom is -0.436 e. The van der Waals surface area contributed by atoms with Crippen molar-refractivity contribution in [3.8, 4) is 11.6 Å². The number of benzene rings is 1. The Bertz CT molecular complexity index is 1050. The highest BCUT2D eigenvalue weighted by atomic mass is 32.2. The molecular formula is C16H16F2N4O3S. The first-order valence-electron chi connectivity index (χ1n) is 7.63. The molecule has 0 aliphatic carbocycles. The van der Waals surface area contributed by atoms with Gasteiger partial charge in [0.05, 0.1) is 11.1 Å². The van der Waals surface area contributed by atoms with E-state index >= 15 is 0 Å². The van der Waals surface area contributed by atoms with Gasteiger partial charge in [0.2, 0.25) is 5.88 Å². The molecular weight excluding hydrogens is 366 g/mol. The second-order valence-corrected chi connectivity index (χ2v) is 8.12. The van der Waals surface area contributed by atoms with Crippen LogP contribution in [0.1, 0.15) is 6.92 Å². The summed E-state index contributed by atoms with van der Waals surface area (Å²) >= 11 is 0. The number of aromatic amines is 1. The maximum atomic E-state index is 13.7. The SMILES string of the molecule is C[C@@H](CS(C)(=O)=O)Nc1n[nH]c2nc(Oc3ccc(F)cc3F)ccc12. The molecule has 3 rings (SSSR count). The molecule has 0 aliphatic rings. The zero-order chi connectivity index (χ0) is 18.9. The number of anilines is 1. The number of pyridine rings is 1. The Morgan fingerprint density at radius 1 is 1.27 bits per heavy atom. The van der Waals surface area contributed by atoms with Gasteiger partial charge in [0.15, 0.2) is 23.0 Å². The number of H-pyrrole nitrogens is 1. The Kier molecular flexibility index (Phi) is 4.77. The summed E-state index contributed by atoms with van der Waals surface area (Å²) in [6, 6.07) is 5.78. The van der Waals surface area contributed by atoms with Crippen molar-refractivity contribution < 1.29 is 21.9 Å². The van der Waals surface area contributed by atoms with Gasteiger partial charge in [-0.3, -0.25) is 5.10 Å². The van der Waals surface area contributed by atoms with Crippen LogP contribution in [0.25, 0.3) is 11.0 Å². The highest BCUT2D eigenvalue weighted by Crippen LogP contribution is 2.27.